The number of hydrogen-bond acceptors (Lipinski definition) is 6. The van der Waals surface area contributed by atoms with Crippen LogP contribution in [0.3, 0.4) is 0 Å². The summed E-state index contributed by atoms with van der Waals surface area (Å²) in [5.74, 6) is -1.45. The van der Waals surface area contributed by atoms with Gasteiger partial charge in [-0.2, -0.15) is 13.7 Å². The van der Waals surface area contributed by atoms with Crippen molar-refractivity contribution in [1.29, 1.82) is 0 Å². The topological polar surface area (TPSA) is 81.6 Å². The third-order valence-electron chi connectivity index (χ3n) is 4.25. The molecule has 0 amide bonds. The maximum atomic E-state index is 14.2. The molecule has 3 rings (SSSR count). The first-order valence-corrected chi connectivity index (χ1v) is 10.1. The van der Waals surface area contributed by atoms with E-state index in [0.29, 0.717) is 12.8 Å². The molecule has 29 heavy (non-hydrogen) atoms. The van der Waals surface area contributed by atoms with Crippen molar-refractivity contribution in [2.75, 3.05) is 13.1 Å². The van der Waals surface area contributed by atoms with Gasteiger partial charge < -0.3 is 9.47 Å². The molecule has 7 nitrogen and oxygen atoms in total. The Morgan fingerprint density at radius 1 is 1.21 bits per heavy atom. The highest BCUT2D eigenvalue weighted by atomic mass is 32.2. The number of ether oxygens (including phenoxy) is 2. The summed E-state index contributed by atoms with van der Waals surface area (Å²) in [6.07, 6.45) is -3.66. The number of rotatable bonds is 6. The van der Waals surface area contributed by atoms with Gasteiger partial charge in [0.25, 0.3) is 5.88 Å². The van der Waals surface area contributed by atoms with Crippen molar-refractivity contribution in [2.45, 2.75) is 37.1 Å². The normalized spacial score (nSPS) is 18.0. The van der Waals surface area contributed by atoms with E-state index in [-0.39, 0.29) is 29.6 Å². The van der Waals surface area contributed by atoms with E-state index in [4.69, 9.17) is 4.74 Å². The van der Waals surface area contributed by atoms with Crippen LogP contribution in [0, 0.1) is 5.82 Å². The van der Waals surface area contributed by atoms with Crippen LogP contribution in [0.4, 0.5) is 17.6 Å². The molecule has 12 heteroatoms. The van der Waals surface area contributed by atoms with Crippen molar-refractivity contribution in [1.82, 2.24) is 14.3 Å². The molecule has 2 aromatic rings. The highest BCUT2D eigenvalue weighted by molar-refractivity contribution is 7.89. The SMILES string of the molecule is CCc1ncnc(OC2CCN(S(=O)(=O)c3ccc(OC(F)(F)F)cc3)C2)c1F. The fraction of sp³-hybridized carbons (Fsp3) is 0.412. The van der Waals surface area contributed by atoms with Gasteiger partial charge in [0, 0.05) is 6.54 Å². The molecular weight excluding hydrogens is 418 g/mol. The fourth-order valence-electron chi connectivity index (χ4n) is 2.85. The number of aryl methyl sites for hydroxylation is 1. The average molecular weight is 435 g/mol. The molecule has 1 fully saturated rings. The Bertz CT molecular complexity index is 968. The van der Waals surface area contributed by atoms with Gasteiger partial charge >= 0.3 is 6.36 Å². The van der Waals surface area contributed by atoms with Crippen LogP contribution in [0.2, 0.25) is 0 Å². The molecule has 0 spiro atoms. The van der Waals surface area contributed by atoms with Crippen molar-refractivity contribution in [3.63, 3.8) is 0 Å². The van der Waals surface area contributed by atoms with Gasteiger partial charge in [0.05, 0.1) is 17.1 Å². The Morgan fingerprint density at radius 2 is 1.90 bits per heavy atom. The van der Waals surface area contributed by atoms with E-state index in [1.165, 1.54) is 6.33 Å². The second-order valence-corrected chi connectivity index (χ2v) is 8.14. The monoisotopic (exact) mass is 435 g/mol. The van der Waals surface area contributed by atoms with E-state index in [2.05, 4.69) is 14.7 Å². The molecule has 1 unspecified atom stereocenters. The highest BCUT2D eigenvalue weighted by Crippen LogP contribution is 2.28. The lowest BCUT2D eigenvalue weighted by atomic mass is 10.3. The third kappa shape index (κ3) is 4.93. The number of sulfonamides is 1. The first kappa shape index (κ1) is 21.2. The molecule has 2 heterocycles. The van der Waals surface area contributed by atoms with Crippen LogP contribution in [0.15, 0.2) is 35.5 Å². The summed E-state index contributed by atoms with van der Waals surface area (Å²) in [7, 11) is -3.96. The lowest BCUT2D eigenvalue weighted by Crippen LogP contribution is -2.31. The number of hydrogen-bond donors (Lipinski definition) is 0. The maximum absolute atomic E-state index is 14.2. The first-order chi connectivity index (χ1) is 13.6. The van der Waals surface area contributed by atoms with Crippen molar-refractivity contribution in [3.8, 4) is 11.6 Å². The summed E-state index contributed by atoms with van der Waals surface area (Å²) in [5, 5.41) is 0. The van der Waals surface area contributed by atoms with Gasteiger partial charge in [-0.15, -0.1) is 13.2 Å². The molecule has 0 bridgehead atoms. The third-order valence-corrected chi connectivity index (χ3v) is 6.13. The molecule has 0 saturated carbocycles. The Balaban J connectivity index is 1.69. The summed E-state index contributed by atoms with van der Waals surface area (Å²) < 4.78 is 86.6. The Labute approximate surface area is 164 Å². The lowest BCUT2D eigenvalue weighted by Gasteiger charge is -2.17. The van der Waals surface area contributed by atoms with Crippen LogP contribution >= 0.6 is 0 Å². The van der Waals surface area contributed by atoms with Gasteiger partial charge in [0.15, 0.2) is 0 Å². The minimum atomic E-state index is -4.87. The van der Waals surface area contributed by atoms with Crippen LogP contribution in [-0.2, 0) is 16.4 Å². The zero-order valence-corrected chi connectivity index (χ0v) is 16.0. The van der Waals surface area contributed by atoms with Crippen molar-refractivity contribution >= 4 is 10.0 Å². The fourth-order valence-corrected chi connectivity index (χ4v) is 4.34. The maximum Gasteiger partial charge on any atom is 0.573 e. The van der Waals surface area contributed by atoms with Crippen molar-refractivity contribution in [3.05, 3.63) is 42.1 Å². The quantitative estimate of drug-likeness (QED) is 0.649. The van der Waals surface area contributed by atoms with Gasteiger partial charge in [-0.05, 0) is 37.1 Å². The largest absolute Gasteiger partial charge is 0.573 e. The molecule has 1 aliphatic heterocycles. The Hall–Kier alpha value is -2.47. The molecule has 1 saturated heterocycles. The predicted molar refractivity (Wildman–Crippen MR) is 92.3 cm³/mol. The van der Waals surface area contributed by atoms with Crippen LogP contribution in [0.1, 0.15) is 19.0 Å². The number of nitrogens with zero attached hydrogens (tertiary/aromatic N) is 3. The molecular formula is C17H17F4N3O4S. The van der Waals surface area contributed by atoms with Gasteiger partial charge in [0.2, 0.25) is 15.8 Å². The second kappa shape index (κ2) is 8.11. The predicted octanol–water partition coefficient (Wildman–Crippen LogP) is 2.92. The standard InChI is InChI=1S/C17H17F4N3O4S/c1-2-14-15(18)16(23-10-22-14)27-12-7-8-24(9-12)29(25,26)13-5-3-11(4-6-13)28-17(19,20)21/h3-6,10,12H,2,7-9H2,1H3. The van der Waals surface area contributed by atoms with E-state index in [1.807, 2.05) is 0 Å². The molecule has 0 N–H and O–H groups in total. The summed E-state index contributed by atoms with van der Waals surface area (Å²) >= 11 is 0. The van der Waals surface area contributed by atoms with Crippen LogP contribution in [0.25, 0.3) is 0 Å². The Morgan fingerprint density at radius 3 is 2.52 bits per heavy atom. The summed E-state index contributed by atoms with van der Waals surface area (Å²) in [4.78, 5) is 7.37. The number of alkyl halides is 3. The summed E-state index contributed by atoms with van der Waals surface area (Å²) in [6, 6.07) is 3.91. The summed E-state index contributed by atoms with van der Waals surface area (Å²) in [5.41, 5.74) is 0.193. The molecule has 1 atom stereocenters. The second-order valence-electron chi connectivity index (χ2n) is 6.20. The van der Waals surface area contributed by atoms with E-state index < -0.39 is 34.1 Å². The van der Waals surface area contributed by atoms with Gasteiger partial charge in [-0.25, -0.2) is 13.4 Å². The van der Waals surface area contributed by atoms with Crippen LogP contribution < -0.4 is 9.47 Å². The van der Waals surface area contributed by atoms with Crippen molar-refractivity contribution < 1.29 is 35.5 Å². The highest BCUT2D eigenvalue weighted by Gasteiger charge is 2.35. The smallest absolute Gasteiger partial charge is 0.471 e. The molecule has 0 aliphatic carbocycles. The van der Waals surface area contributed by atoms with Crippen molar-refractivity contribution in [2.24, 2.45) is 0 Å². The van der Waals surface area contributed by atoms with Crippen LogP contribution in [0.5, 0.6) is 11.6 Å². The molecule has 1 aromatic heterocycles. The van der Waals surface area contributed by atoms with E-state index >= 15 is 0 Å². The number of benzene rings is 1. The van der Waals surface area contributed by atoms with E-state index in [9.17, 15) is 26.0 Å². The first-order valence-electron chi connectivity index (χ1n) is 8.62. The minimum absolute atomic E-state index is 0.0476. The molecule has 1 aromatic carbocycles. The van der Waals surface area contributed by atoms with E-state index in [1.54, 1.807) is 6.92 Å². The molecule has 1 aliphatic rings. The average Bonchev–Trinajstić information content (AvgIpc) is 3.12. The van der Waals surface area contributed by atoms with Gasteiger partial charge in [0.1, 0.15) is 18.2 Å². The van der Waals surface area contributed by atoms with Crippen LogP contribution in [-0.4, -0.2) is 48.2 Å². The number of halogens is 4. The van der Waals surface area contributed by atoms with Gasteiger partial charge in [-0.3, -0.25) is 0 Å². The molecule has 158 valence electrons. The minimum Gasteiger partial charge on any atom is -0.471 e. The zero-order valence-electron chi connectivity index (χ0n) is 15.2. The summed E-state index contributed by atoms with van der Waals surface area (Å²) in [6.45, 7) is 1.79. The Kier molecular flexibility index (Phi) is 5.94. The van der Waals surface area contributed by atoms with E-state index in [0.717, 1.165) is 28.6 Å². The zero-order chi connectivity index (χ0) is 21.2. The molecule has 0 radical (unpaired) electrons. The lowest BCUT2D eigenvalue weighted by molar-refractivity contribution is -0.274. The van der Waals surface area contributed by atoms with Gasteiger partial charge in [-0.1, -0.05) is 6.92 Å². The number of aromatic nitrogens is 2.